The molecule has 0 radical (unpaired) electrons. The van der Waals surface area contributed by atoms with E-state index in [1.54, 1.807) is 24.3 Å². The predicted molar refractivity (Wildman–Crippen MR) is 91.2 cm³/mol. The lowest BCUT2D eigenvalue weighted by molar-refractivity contribution is 0.174. The largest absolute Gasteiger partial charge is 0.301 e. The summed E-state index contributed by atoms with van der Waals surface area (Å²) in [5.74, 6) is 0.588. The number of piperidine rings is 1. The van der Waals surface area contributed by atoms with Crippen molar-refractivity contribution in [2.45, 2.75) is 38.5 Å². The van der Waals surface area contributed by atoms with E-state index in [1.807, 2.05) is 13.0 Å². The fraction of sp³-hybridized carbons (Fsp3) is 0.588. The topological polar surface area (TPSA) is 73.2 Å². The minimum Gasteiger partial charge on any atom is -0.301 e. The molecule has 5 nitrogen and oxygen atoms in total. The van der Waals surface area contributed by atoms with E-state index in [4.69, 9.17) is 5.26 Å². The molecule has 2 rings (SSSR count). The molecule has 23 heavy (non-hydrogen) atoms. The van der Waals surface area contributed by atoms with Gasteiger partial charge in [-0.15, -0.1) is 0 Å². The summed E-state index contributed by atoms with van der Waals surface area (Å²) in [7, 11) is -3.41. The first kappa shape index (κ1) is 17.9. The molecule has 0 saturated carbocycles. The van der Waals surface area contributed by atoms with Crippen molar-refractivity contribution in [2.24, 2.45) is 5.92 Å². The van der Waals surface area contributed by atoms with Gasteiger partial charge in [0.05, 0.1) is 17.4 Å². The lowest BCUT2D eigenvalue weighted by Gasteiger charge is -2.32. The molecule has 0 unspecified atom stereocenters. The standard InChI is InChI=1S/C17H25N3O2S/c1-14-5-4-8-20(11-14)12-15(2)19-23(21,22)13-17-7-3-6-16(9-17)10-18/h3,6-7,9,14-15,19H,4-5,8,11-13H2,1-2H3/t14-,15+/m0/s1. The SMILES string of the molecule is C[C@H]1CCCN(C[C@@H](C)NS(=O)(=O)Cc2cccc(C#N)c2)C1. The Bertz CT molecular complexity index is 667. The summed E-state index contributed by atoms with van der Waals surface area (Å²) in [4.78, 5) is 2.33. The molecule has 1 heterocycles. The van der Waals surface area contributed by atoms with E-state index in [2.05, 4.69) is 16.5 Å². The van der Waals surface area contributed by atoms with Crippen LogP contribution in [0.1, 0.15) is 37.8 Å². The Morgan fingerprint density at radius 3 is 2.96 bits per heavy atom. The zero-order valence-corrected chi connectivity index (χ0v) is 14.6. The van der Waals surface area contributed by atoms with Gasteiger partial charge in [0.2, 0.25) is 10.0 Å². The van der Waals surface area contributed by atoms with Gasteiger partial charge >= 0.3 is 0 Å². The third-order valence-corrected chi connectivity index (χ3v) is 5.54. The number of nitrogens with one attached hydrogen (secondary N) is 1. The highest BCUT2D eigenvalue weighted by Crippen LogP contribution is 2.15. The molecule has 126 valence electrons. The van der Waals surface area contributed by atoms with E-state index in [-0.39, 0.29) is 11.8 Å². The number of sulfonamides is 1. The van der Waals surface area contributed by atoms with E-state index < -0.39 is 10.0 Å². The van der Waals surface area contributed by atoms with Crippen LogP contribution in [-0.4, -0.2) is 39.0 Å². The molecule has 6 heteroatoms. The average molecular weight is 335 g/mol. The molecule has 1 saturated heterocycles. The second kappa shape index (κ2) is 7.91. The Labute approximate surface area is 139 Å². The van der Waals surface area contributed by atoms with Crippen LogP contribution in [0.3, 0.4) is 0 Å². The quantitative estimate of drug-likeness (QED) is 0.864. The van der Waals surface area contributed by atoms with Crippen LogP contribution in [0.15, 0.2) is 24.3 Å². The molecule has 1 aromatic carbocycles. The van der Waals surface area contributed by atoms with Crippen molar-refractivity contribution in [1.29, 1.82) is 5.26 Å². The summed E-state index contributed by atoms with van der Waals surface area (Å²) in [6, 6.07) is 8.64. The minimum atomic E-state index is -3.41. The molecule has 1 aliphatic heterocycles. The Kier molecular flexibility index (Phi) is 6.17. The summed E-state index contributed by atoms with van der Waals surface area (Å²) in [5, 5.41) is 8.89. The van der Waals surface area contributed by atoms with Crippen molar-refractivity contribution < 1.29 is 8.42 Å². The average Bonchev–Trinajstić information content (AvgIpc) is 2.46. The highest BCUT2D eigenvalue weighted by Gasteiger charge is 2.21. The second-order valence-electron chi connectivity index (χ2n) is 6.60. The van der Waals surface area contributed by atoms with Crippen LogP contribution in [0.25, 0.3) is 0 Å². The number of rotatable bonds is 6. The van der Waals surface area contributed by atoms with Crippen molar-refractivity contribution in [3.8, 4) is 6.07 Å². The van der Waals surface area contributed by atoms with Crippen LogP contribution in [0, 0.1) is 17.2 Å². The molecule has 0 amide bonds. The van der Waals surface area contributed by atoms with Gasteiger partial charge in [0, 0.05) is 19.1 Å². The fourth-order valence-corrected chi connectivity index (χ4v) is 4.56. The Balaban J connectivity index is 1.90. The van der Waals surface area contributed by atoms with Crippen LogP contribution in [-0.2, 0) is 15.8 Å². The maximum Gasteiger partial charge on any atom is 0.216 e. The summed E-state index contributed by atoms with van der Waals surface area (Å²) in [6.07, 6.45) is 2.44. The Morgan fingerprint density at radius 1 is 1.48 bits per heavy atom. The lowest BCUT2D eigenvalue weighted by Crippen LogP contribution is -2.45. The Morgan fingerprint density at radius 2 is 2.26 bits per heavy atom. The summed E-state index contributed by atoms with van der Waals surface area (Å²) >= 11 is 0. The van der Waals surface area contributed by atoms with Gasteiger partial charge in [-0.25, -0.2) is 13.1 Å². The zero-order chi connectivity index (χ0) is 16.9. The summed E-state index contributed by atoms with van der Waals surface area (Å²) in [6.45, 7) is 6.96. The summed E-state index contributed by atoms with van der Waals surface area (Å²) in [5.41, 5.74) is 1.11. The number of hydrogen-bond donors (Lipinski definition) is 1. The maximum absolute atomic E-state index is 12.3. The van der Waals surface area contributed by atoms with E-state index in [9.17, 15) is 8.42 Å². The first-order chi connectivity index (χ1) is 10.9. The van der Waals surface area contributed by atoms with Gasteiger partial charge in [-0.3, -0.25) is 0 Å². The first-order valence-electron chi connectivity index (χ1n) is 8.09. The molecule has 0 aromatic heterocycles. The predicted octanol–water partition coefficient (Wildman–Crippen LogP) is 2.10. The number of likely N-dealkylation sites (tertiary alicyclic amines) is 1. The fourth-order valence-electron chi connectivity index (χ4n) is 3.18. The maximum atomic E-state index is 12.3. The number of benzene rings is 1. The molecule has 1 N–H and O–H groups in total. The van der Waals surface area contributed by atoms with Crippen molar-refractivity contribution in [3.63, 3.8) is 0 Å². The smallest absolute Gasteiger partial charge is 0.216 e. The zero-order valence-electron chi connectivity index (χ0n) is 13.8. The third kappa shape index (κ3) is 5.94. The first-order valence-corrected chi connectivity index (χ1v) is 9.74. The second-order valence-corrected chi connectivity index (χ2v) is 8.35. The minimum absolute atomic E-state index is 0.0940. The van der Waals surface area contributed by atoms with Gasteiger partial charge in [0.25, 0.3) is 0 Å². The van der Waals surface area contributed by atoms with Gasteiger partial charge < -0.3 is 4.90 Å². The molecular weight excluding hydrogens is 310 g/mol. The molecule has 0 spiro atoms. The van der Waals surface area contributed by atoms with Crippen LogP contribution in [0.2, 0.25) is 0 Å². The van der Waals surface area contributed by atoms with Crippen molar-refractivity contribution in [3.05, 3.63) is 35.4 Å². The van der Waals surface area contributed by atoms with Crippen LogP contribution in [0.4, 0.5) is 0 Å². The van der Waals surface area contributed by atoms with Crippen molar-refractivity contribution in [2.75, 3.05) is 19.6 Å². The molecule has 2 atom stereocenters. The monoisotopic (exact) mass is 335 g/mol. The third-order valence-electron chi connectivity index (χ3n) is 4.07. The highest BCUT2D eigenvalue weighted by molar-refractivity contribution is 7.88. The van der Waals surface area contributed by atoms with Gasteiger partial charge in [-0.1, -0.05) is 19.1 Å². The van der Waals surface area contributed by atoms with E-state index >= 15 is 0 Å². The van der Waals surface area contributed by atoms with E-state index in [1.165, 1.54) is 12.8 Å². The molecule has 1 fully saturated rings. The highest BCUT2D eigenvalue weighted by atomic mass is 32.2. The van der Waals surface area contributed by atoms with Gasteiger partial charge in [0.1, 0.15) is 0 Å². The Hall–Kier alpha value is -1.42. The number of hydrogen-bond acceptors (Lipinski definition) is 4. The lowest BCUT2D eigenvalue weighted by atomic mass is 10.00. The van der Waals surface area contributed by atoms with Gasteiger partial charge in [0.15, 0.2) is 0 Å². The molecule has 1 aliphatic rings. The molecular formula is C17H25N3O2S. The summed E-state index contributed by atoms with van der Waals surface area (Å²) < 4.78 is 27.4. The number of nitriles is 1. The van der Waals surface area contributed by atoms with Crippen LogP contribution in [0.5, 0.6) is 0 Å². The van der Waals surface area contributed by atoms with Crippen LogP contribution >= 0.6 is 0 Å². The van der Waals surface area contributed by atoms with Crippen molar-refractivity contribution in [1.82, 2.24) is 9.62 Å². The number of nitrogens with zero attached hydrogens (tertiary/aromatic N) is 2. The molecule has 0 bridgehead atoms. The van der Waals surface area contributed by atoms with Crippen molar-refractivity contribution >= 4 is 10.0 Å². The molecule has 1 aromatic rings. The van der Waals surface area contributed by atoms with Crippen LogP contribution < -0.4 is 4.72 Å². The van der Waals surface area contributed by atoms with Gasteiger partial charge in [-0.05, 0) is 49.9 Å². The van der Waals surface area contributed by atoms with E-state index in [0.29, 0.717) is 17.0 Å². The van der Waals surface area contributed by atoms with Gasteiger partial charge in [-0.2, -0.15) is 5.26 Å². The van der Waals surface area contributed by atoms with E-state index in [0.717, 1.165) is 19.6 Å². The molecule has 0 aliphatic carbocycles. The normalized spacial score (nSPS) is 20.8.